The van der Waals surface area contributed by atoms with Crippen molar-refractivity contribution in [3.05, 3.63) is 108 Å². The molecule has 0 radical (unpaired) electrons. The van der Waals surface area contributed by atoms with Gasteiger partial charge in [0.25, 0.3) is 0 Å². The van der Waals surface area contributed by atoms with Crippen LogP contribution in [0.1, 0.15) is 36.5 Å². The van der Waals surface area contributed by atoms with Crippen molar-refractivity contribution in [2.45, 2.75) is 63.7 Å². The summed E-state index contributed by atoms with van der Waals surface area (Å²) >= 11 is 0. The molecular weight excluding hydrogens is 440 g/mol. The van der Waals surface area contributed by atoms with Crippen molar-refractivity contribution < 1.29 is 23.7 Å². The number of hydrogen-bond donors (Lipinski definition) is 0. The largest absolute Gasteiger partial charge is 0.374 e. The summed E-state index contributed by atoms with van der Waals surface area (Å²) in [5, 5.41) is 0. The molecule has 3 aromatic rings. The molecule has 4 rings (SSSR count). The molecule has 1 saturated heterocycles. The fourth-order valence-electron chi connectivity index (χ4n) is 4.47. The number of ether oxygens (including phenoxy) is 5. The minimum absolute atomic E-state index is 0.210. The Morgan fingerprint density at radius 2 is 1.26 bits per heavy atom. The van der Waals surface area contributed by atoms with Gasteiger partial charge in [-0.05, 0) is 23.1 Å². The van der Waals surface area contributed by atoms with E-state index < -0.39 is 5.79 Å². The van der Waals surface area contributed by atoms with Crippen molar-refractivity contribution in [2.24, 2.45) is 0 Å². The summed E-state index contributed by atoms with van der Waals surface area (Å²) in [6.07, 6.45) is 0.441. The van der Waals surface area contributed by atoms with E-state index in [1.54, 1.807) is 7.11 Å². The highest BCUT2D eigenvalue weighted by atomic mass is 16.7. The molecule has 35 heavy (non-hydrogen) atoms. The molecule has 0 bridgehead atoms. The van der Waals surface area contributed by atoms with Crippen molar-refractivity contribution in [3.63, 3.8) is 0 Å². The van der Waals surface area contributed by atoms with Gasteiger partial charge in [0.05, 0.1) is 32.5 Å². The molecule has 4 atom stereocenters. The SMILES string of the molecule is CC[C@@]1(OC)C[C@@H](OCc2ccccc2)[C@@H](OCc2ccccc2)[C@@H](COCc2ccccc2)O1. The summed E-state index contributed by atoms with van der Waals surface area (Å²) in [5.41, 5.74) is 3.35. The summed E-state index contributed by atoms with van der Waals surface area (Å²) < 4.78 is 31.5. The van der Waals surface area contributed by atoms with Gasteiger partial charge in [-0.1, -0.05) is 97.9 Å². The van der Waals surface area contributed by atoms with E-state index in [0.717, 1.165) is 16.7 Å². The van der Waals surface area contributed by atoms with Gasteiger partial charge in [-0.25, -0.2) is 0 Å². The van der Waals surface area contributed by atoms with E-state index in [2.05, 4.69) is 43.3 Å². The molecule has 0 aromatic heterocycles. The second-order valence-corrected chi connectivity index (χ2v) is 8.93. The fraction of sp³-hybridized carbons (Fsp3) is 0.400. The molecule has 1 aliphatic rings. The molecule has 0 N–H and O–H groups in total. The highest BCUT2D eigenvalue weighted by Gasteiger charge is 2.48. The van der Waals surface area contributed by atoms with Gasteiger partial charge in [-0.2, -0.15) is 0 Å². The van der Waals surface area contributed by atoms with Gasteiger partial charge in [0.1, 0.15) is 12.2 Å². The molecule has 1 fully saturated rings. The number of benzene rings is 3. The maximum Gasteiger partial charge on any atom is 0.170 e. The topological polar surface area (TPSA) is 46.2 Å². The Morgan fingerprint density at radius 1 is 0.743 bits per heavy atom. The Morgan fingerprint density at radius 3 is 1.77 bits per heavy atom. The lowest BCUT2D eigenvalue weighted by atomic mass is 9.93. The molecule has 5 nitrogen and oxygen atoms in total. The van der Waals surface area contributed by atoms with Crippen LogP contribution in [0.15, 0.2) is 91.0 Å². The first kappa shape index (κ1) is 25.5. The first-order chi connectivity index (χ1) is 17.2. The fourth-order valence-corrected chi connectivity index (χ4v) is 4.47. The smallest absolute Gasteiger partial charge is 0.170 e. The van der Waals surface area contributed by atoms with Gasteiger partial charge < -0.3 is 23.7 Å². The van der Waals surface area contributed by atoms with Crippen LogP contribution in [0.5, 0.6) is 0 Å². The minimum atomic E-state index is -0.741. The molecule has 186 valence electrons. The summed E-state index contributed by atoms with van der Waals surface area (Å²) in [6, 6.07) is 30.5. The van der Waals surface area contributed by atoms with E-state index in [0.29, 0.717) is 39.3 Å². The second kappa shape index (κ2) is 13.0. The molecular formula is C30H36O5. The van der Waals surface area contributed by atoms with Crippen LogP contribution in [0.25, 0.3) is 0 Å². The van der Waals surface area contributed by atoms with Gasteiger partial charge in [0, 0.05) is 13.5 Å². The van der Waals surface area contributed by atoms with E-state index in [1.165, 1.54) is 0 Å². The lowest BCUT2D eigenvalue weighted by Crippen LogP contribution is -2.58. The van der Waals surface area contributed by atoms with Crippen molar-refractivity contribution in [1.82, 2.24) is 0 Å². The van der Waals surface area contributed by atoms with Crippen LogP contribution in [-0.2, 0) is 43.5 Å². The van der Waals surface area contributed by atoms with Crippen molar-refractivity contribution in [1.29, 1.82) is 0 Å². The molecule has 0 saturated carbocycles. The monoisotopic (exact) mass is 476 g/mol. The summed E-state index contributed by atoms with van der Waals surface area (Å²) in [5.74, 6) is -0.741. The molecule has 0 amide bonds. The van der Waals surface area contributed by atoms with E-state index in [9.17, 15) is 0 Å². The van der Waals surface area contributed by atoms with E-state index in [-0.39, 0.29) is 18.3 Å². The first-order valence-electron chi connectivity index (χ1n) is 12.4. The quantitative estimate of drug-likeness (QED) is 0.325. The van der Waals surface area contributed by atoms with Crippen LogP contribution in [0, 0.1) is 0 Å². The zero-order valence-corrected chi connectivity index (χ0v) is 20.7. The molecule has 1 aliphatic heterocycles. The minimum Gasteiger partial charge on any atom is -0.374 e. The zero-order chi connectivity index (χ0) is 24.3. The van der Waals surface area contributed by atoms with Crippen LogP contribution in [0.4, 0.5) is 0 Å². The predicted molar refractivity (Wildman–Crippen MR) is 136 cm³/mol. The Bertz CT molecular complexity index is 975. The van der Waals surface area contributed by atoms with Crippen LogP contribution in [0.2, 0.25) is 0 Å². The molecule has 5 heteroatoms. The highest BCUT2D eigenvalue weighted by molar-refractivity contribution is 5.15. The van der Waals surface area contributed by atoms with Crippen LogP contribution in [0.3, 0.4) is 0 Å². The molecule has 3 aromatic carbocycles. The van der Waals surface area contributed by atoms with Crippen molar-refractivity contribution >= 4 is 0 Å². The van der Waals surface area contributed by atoms with Crippen molar-refractivity contribution in [2.75, 3.05) is 13.7 Å². The maximum absolute atomic E-state index is 6.54. The van der Waals surface area contributed by atoms with Gasteiger partial charge in [-0.3, -0.25) is 0 Å². The number of rotatable bonds is 12. The van der Waals surface area contributed by atoms with Gasteiger partial charge in [-0.15, -0.1) is 0 Å². The maximum atomic E-state index is 6.54. The first-order valence-corrected chi connectivity index (χ1v) is 12.4. The Hall–Kier alpha value is -2.54. The predicted octanol–water partition coefficient (Wildman–Crippen LogP) is 5.92. The number of hydrogen-bond acceptors (Lipinski definition) is 5. The third kappa shape index (κ3) is 7.23. The summed E-state index contributed by atoms with van der Waals surface area (Å²) in [4.78, 5) is 0. The highest BCUT2D eigenvalue weighted by Crippen LogP contribution is 2.36. The third-order valence-electron chi connectivity index (χ3n) is 6.51. The lowest BCUT2D eigenvalue weighted by molar-refractivity contribution is -0.329. The lowest BCUT2D eigenvalue weighted by Gasteiger charge is -2.47. The van der Waals surface area contributed by atoms with E-state index in [1.807, 2.05) is 54.6 Å². The second-order valence-electron chi connectivity index (χ2n) is 8.93. The molecule has 0 aliphatic carbocycles. The Balaban J connectivity index is 1.51. The van der Waals surface area contributed by atoms with Gasteiger partial charge >= 0.3 is 0 Å². The summed E-state index contributed by atoms with van der Waals surface area (Å²) in [6.45, 7) is 3.93. The van der Waals surface area contributed by atoms with Crippen LogP contribution < -0.4 is 0 Å². The number of methoxy groups -OCH3 is 1. The Kier molecular flexibility index (Phi) is 9.46. The average molecular weight is 477 g/mol. The van der Waals surface area contributed by atoms with Gasteiger partial charge in [0.15, 0.2) is 5.79 Å². The summed E-state index contributed by atoms with van der Waals surface area (Å²) in [7, 11) is 1.70. The molecule has 1 heterocycles. The normalized spacial score (nSPS) is 24.3. The standard InChI is InChI=1S/C30H36O5/c1-3-30(31-2)19-27(33-21-25-15-9-5-10-16-25)29(34-22-26-17-11-6-12-18-26)28(35-30)23-32-20-24-13-7-4-8-14-24/h4-18,27-29H,3,19-23H2,1-2H3/t27-,28-,29-,30+/m1/s1. The molecule has 0 unspecified atom stereocenters. The van der Waals surface area contributed by atoms with Crippen LogP contribution >= 0.6 is 0 Å². The van der Waals surface area contributed by atoms with Crippen molar-refractivity contribution in [3.8, 4) is 0 Å². The van der Waals surface area contributed by atoms with Gasteiger partial charge in [0.2, 0.25) is 0 Å². The average Bonchev–Trinajstić information content (AvgIpc) is 2.93. The third-order valence-corrected chi connectivity index (χ3v) is 6.51. The van der Waals surface area contributed by atoms with Crippen LogP contribution in [-0.4, -0.2) is 37.8 Å². The van der Waals surface area contributed by atoms with E-state index in [4.69, 9.17) is 23.7 Å². The Labute approximate surface area is 208 Å². The molecule has 0 spiro atoms. The zero-order valence-electron chi connectivity index (χ0n) is 20.7. The van der Waals surface area contributed by atoms with E-state index >= 15 is 0 Å².